The molecule has 0 radical (unpaired) electrons. The number of rotatable bonds is 7. The second-order valence-corrected chi connectivity index (χ2v) is 6.89. The molecule has 4 rings (SSSR count). The summed E-state index contributed by atoms with van der Waals surface area (Å²) in [6.45, 7) is 2.37. The van der Waals surface area contributed by atoms with Crippen molar-refractivity contribution in [2.75, 3.05) is 18.6 Å². The Morgan fingerprint density at radius 1 is 1.18 bits per heavy atom. The van der Waals surface area contributed by atoms with Crippen LogP contribution in [0.15, 0.2) is 53.2 Å². The smallest absolute Gasteiger partial charge is 0.413 e. The lowest BCUT2D eigenvalue weighted by Crippen LogP contribution is -2.26. The van der Waals surface area contributed by atoms with E-state index in [2.05, 4.69) is 25.5 Å². The molecule has 0 spiro atoms. The fraction of sp³-hybridized carbons (Fsp3) is 0.238. The fourth-order valence-corrected chi connectivity index (χ4v) is 2.96. The Hall–Kier alpha value is -4.22. The first-order valence-electron chi connectivity index (χ1n) is 9.92. The predicted octanol–water partition coefficient (Wildman–Crippen LogP) is 3.97. The molecule has 0 N–H and O–H groups in total. The van der Waals surface area contributed by atoms with E-state index in [4.69, 9.17) is 9.15 Å². The number of anilines is 1. The molecule has 4 aromatic rings. The Kier molecular flexibility index (Phi) is 6.33. The molecule has 0 fully saturated rings. The van der Waals surface area contributed by atoms with Crippen LogP contribution in [0.5, 0.6) is 0 Å². The number of aromatic nitrogens is 6. The maximum absolute atomic E-state index is 12.6. The lowest BCUT2D eigenvalue weighted by Gasteiger charge is -2.16. The number of benzene rings is 1. The molecule has 0 aliphatic heterocycles. The van der Waals surface area contributed by atoms with E-state index >= 15 is 0 Å². The summed E-state index contributed by atoms with van der Waals surface area (Å²) in [5.74, 6) is -0.762. The summed E-state index contributed by atoms with van der Waals surface area (Å²) in [6, 6.07) is 10.6. The Balaban J connectivity index is 1.46. The second-order valence-electron chi connectivity index (χ2n) is 6.89. The molecule has 1 aromatic carbocycles. The summed E-state index contributed by atoms with van der Waals surface area (Å²) in [5, 5.41) is 15.2. The van der Waals surface area contributed by atoms with Crippen LogP contribution in [0.4, 0.5) is 19.3 Å². The Morgan fingerprint density at radius 3 is 2.73 bits per heavy atom. The SMILES string of the molecule is CCOC(=O)N(C)c1cccc(-c2cn(Cc3ccc(-c4nnc(C(F)F)o4)cn3)nn2)c1. The van der Waals surface area contributed by atoms with Gasteiger partial charge in [0.1, 0.15) is 5.69 Å². The maximum atomic E-state index is 12.6. The number of alkyl halides is 2. The first kappa shape index (κ1) is 22.0. The van der Waals surface area contributed by atoms with Gasteiger partial charge in [0.2, 0.25) is 5.89 Å². The number of halogens is 2. The van der Waals surface area contributed by atoms with Crippen molar-refractivity contribution < 1.29 is 22.7 Å². The van der Waals surface area contributed by atoms with Crippen LogP contribution in [0.3, 0.4) is 0 Å². The van der Waals surface area contributed by atoms with E-state index < -0.39 is 18.4 Å². The Labute approximate surface area is 186 Å². The standard InChI is InChI=1S/C21H19F2N7O3/c1-3-32-21(31)29(2)16-6-4-5-13(9-16)17-12-30(28-25-17)11-15-8-7-14(10-24-15)19-26-27-20(33-19)18(22)23/h4-10,12,18H,3,11H2,1-2H3. The molecule has 3 heterocycles. The predicted molar refractivity (Wildman–Crippen MR) is 112 cm³/mol. The van der Waals surface area contributed by atoms with Crippen molar-refractivity contribution in [2.24, 2.45) is 0 Å². The van der Waals surface area contributed by atoms with Gasteiger partial charge in [-0.1, -0.05) is 17.3 Å². The average molecular weight is 455 g/mol. The lowest BCUT2D eigenvalue weighted by molar-refractivity contribution is 0.116. The van der Waals surface area contributed by atoms with Gasteiger partial charge in [-0.05, 0) is 31.2 Å². The van der Waals surface area contributed by atoms with Crippen LogP contribution in [-0.2, 0) is 11.3 Å². The summed E-state index contributed by atoms with van der Waals surface area (Å²) in [5.41, 5.74) is 3.16. The molecule has 0 aliphatic rings. The number of nitrogens with zero attached hydrogens (tertiary/aromatic N) is 7. The Bertz CT molecular complexity index is 1240. The highest BCUT2D eigenvalue weighted by atomic mass is 19.3. The van der Waals surface area contributed by atoms with Crippen LogP contribution >= 0.6 is 0 Å². The third kappa shape index (κ3) is 5.00. The van der Waals surface area contributed by atoms with Crippen molar-refractivity contribution in [1.29, 1.82) is 0 Å². The van der Waals surface area contributed by atoms with Crippen LogP contribution in [0.25, 0.3) is 22.7 Å². The van der Waals surface area contributed by atoms with Crippen molar-refractivity contribution in [3.8, 4) is 22.7 Å². The summed E-state index contributed by atoms with van der Waals surface area (Å²) >= 11 is 0. The van der Waals surface area contributed by atoms with Gasteiger partial charge >= 0.3 is 12.5 Å². The summed E-state index contributed by atoms with van der Waals surface area (Å²) in [4.78, 5) is 17.7. The van der Waals surface area contributed by atoms with E-state index in [0.717, 1.165) is 5.56 Å². The van der Waals surface area contributed by atoms with Crippen molar-refractivity contribution in [2.45, 2.75) is 19.9 Å². The summed E-state index contributed by atoms with van der Waals surface area (Å²) in [6.07, 6.45) is -0.0543. The third-order valence-electron chi connectivity index (χ3n) is 4.63. The van der Waals surface area contributed by atoms with Gasteiger partial charge in [0.25, 0.3) is 5.89 Å². The minimum atomic E-state index is -2.83. The van der Waals surface area contributed by atoms with Gasteiger partial charge in [0.15, 0.2) is 0 Å². The van der Waals surface area contributed by atoms with Crippen molar-refractivity contribution in [3.63, 3.8) is 0 Å². The fourth-order valence-electron chi connectivity index (χ4n) is 2.96. The number of pyridine rings is 1. The average Bonchev–Trinajstić information content (AvgIpc) is 3.50. The molecule has 3 aromatic heterocycles. The molecule has 0 unspecified atom stereocenters. The monoisotopic (exact) mass is 455 g/mol. The molecule has 0 aliphatic carbocycles. The van der Waals surface area contributed by atoms with Gasteiger partial charge in [-0.25, -0.2) is 9.48 Å². The molecule has 12 heteroatoms. The van der Waals surface area contributed by atoms with Crippen LogP contribution in [0, 0.1) is 0 Å². The van der Waals surface area contributed by atoms with Gasteiger partial charge in [-0.15, -0.1) is 15.3 Å². The highest BCUT2D eigenvalue weighted by molar-refractivity contribution is 5.87. The van der Waals surface area contributed by atoms with Crippen molar-refractivity contribution in [1.82, 2.24) is 30.2 Å². The molecular weight excluding hydrogens is 436 g/mol. The number of hydrogen-bond acceptors (Lipinski definition) is 8. The first-order chi connectivity index (χ1) is 15.9. The highest BCUT2D eigenvalue weighted by Gasteiger charge is 2.17. The van der Waals surface area contributed by atoms with Crippen molar-refractivity contribution >= 4 is 11.8 Å². The zero-order valence-corrected chi connectivity index (χ0v) is 17.7. The largest absolute Gasteiger partial charge is 0.449 e. The zero-order valence-electron chi connectivity index (χ0n) is 17.7. The van der Waals surface area contributed by atoms with E-state index in [9.17, 15) is 13.6 Å². The molecule has 0 saturated carbocycles. The minimum absolute atomic E-state index is 0.0277. The van der Waals surface area contributed by atoms with Gasteiger partial charge in [-0.2, -0.15) is 8.78 Å². The van der Waals surface area contributed by atoms with Gasteiger partial charge in [0, 0.05) is 24.5 Å². The Morgan fingerprint density at radius 2 is 2.03 bits per heavy atom. The normalized spacial score (nSPS) is 11.1. The van der Waals surface area contributed by atoms with Crippen LogP contribution < -0.4 is 4.90 Å². The molecule has 0 bridgehead atoms. The molecule has 0 saturated heterocycles. The summed E-state index contributed by atoms with van der Waals surface area (Å²) < 4.78 is 36.8. The van der Waals surface area contributed by atoms with E-state index in [-0.39, 0.29) is 12.5 Å². The van der Waals surface area contributed by atoms with E-state index in [1.54, 1.807) is 43.0 Å². The number of carbonyl (C=O) groups excluding carboxylic acids is 1. The topological polar surface area (TPSA) is 112 Å². The van der Waals surface area contributed by atoms with Crippen LogP contribution in [0.2, 0.25) is 0 Å². The second kappa shape index (κ2) is 9.51. The number of amides is 1. The summed E-state index contributed by atoms with van der Waals surface area (Å²) in [7, 11) is 1.63. The van der Waals surface area contributed by atoms with Gasteiger partial charge in [-0.3, -0.25) is 9.88 Å². The maximum Gasteiger partial charge on any atom is 0.413 e. The lowest BCUT2D eigenvalue weighted by atomic mass is 10.1. The molecule has 0 atom stereocenters. The number of hydrogen-bond donors (Lipinski definition) is 0. The number of carbonyl (C=O) groups is 1. The molecule has 1 amide bonds. The molecule has 170 valence electrons. The van der Waals surface area contributed by atoms with E-state index in [0.29, 0.717) is 29.2 Å². The van der Waals surface area contributed by atoms with Crippen LogP contribution in [-0.4, -0.2) is 49.9 Å². The van der Waals surface area contributed by atoms with E-state index in [1.165, 1.54) is 11.1 Å². The zero-order chi connectivity index (χ0) is 23.4. The first-order valence-corrected chi connectivity index (χ1v) is 9.92. The molecule has 33 heavy (non-hydrogen) atoms. The minimum Gasteiger partial charge on any atom is -0.449 e. The molecule has 10 nitrogen and oxygen atoms in total. The highest BCUT2D eigenvalue weighted by Crippen LogP contribution is 2.24. The number of ether oxygens (including phenoxy) is 1. The third-order valence-corrected chi connectivity index (χ3v) is 4.63. The quantitative estimate of drug-likeness (QED) is 0.412. The van der Waals surface area contributed by atoms with Gasteiger partial charge < -0.3 is 9.15 Å². The van der Waals surface area contributed by atoms with Crippen molar-refractivity contribution in [3.05, 3.63) is 60.4 Å². The molecular formula is C21H19F2N7O3. The van der Waals surface area contributed by atoms with E-state index in [1.807, 2.05) is 18.2 Å². The van der Waals surface area contributed by atoms with Gasteiger partial charge in [0.05, 0.1) is 30.6 Å². The van der Waals surface area contributed by atoms with Crippen LogP contribution in [0.1, 0.15) is 24.9 Å².